The molecule has 1 aliphatic heterocycles. The summed E-state index contributed by atoms with van der Waals surface area (Å²) in [6.45, 7) is 4.41. The Hall–Kier alpha value is -2.05. The van der Waals surface area contributed by atoms with Crippen molar-refractivity contribution in [3.05, 3.63) is 59.7 Å². The van der Waals surface area contributed by atoms with Gasteiger partial charge in [-0.05, 0) is 49.1 Å². The van der Waals surface area contributed by atoms with Gasteiger partial charge in [0.15, 0.2) is 21.3 Å². The Morgan fingerprint density at radius 2 is 1.85 bits per heavy atom. The normalized spacial score (nSPS) is 18.3. The minimum atomic E-state index is -2.82. The molecule has 1 unspecified atom stereocenters. The molecular weight excluding hydrogens is 362 g/mol. The van der Waals surface area contributed by atoms with Crippen molar-refractivity contribution in [2.75, 3.05) is 24.7 Å². The van der Waals surface area contributed by atoms with E-state index in [0.29, 0.717) is 31.3 Å². The van der Waals surface area contributed by atoms with Crippen molar-refractivity contribution in [3.8, 4) is 11.5 Å². The van der Waals surface area contributed by atoms with Gasteiger partial charge in [0.25, 0.3) is 0 Å². The molecule has 1 heterocycles. The standard InChI is InChI=1S/C21H27NO4S/c1-2-25-21-12-18(13-22-14-19-10-11-27(23,24)16-19)8-9-20(21)26-15-17-6-4-3-5-7-17/h3-9,12,19,22H,2,10-11,13-16H2,1H3. The fourth-order valence-corrected chi connectivity index (χ4v) is 5.10. The van der Waals surface area contributed by atoms with Crippen LogP contribution >= 0.6 is 0 Å². The summed E-state index contributed by atoms with van der Waals surface area (Å²) in [4.78, 5) is 0. The first-order chi connectivity index (χ1) is 13.1. The molecule has 27 heavy (non-hydrogen) atoms. The summed E-state index contributed by atoms with van der Waals surface area (Å²) in [6, 6.07) is 16.0. The molecule has 2 aromatic rings. The van der Waals surface area contributed by atoms with Crippen molar-refractivity contribution < 1.29 is 17.9 Å². The fourth-order valence-electron chi connectivity index (χ4n) is 3.24. The minimum Gasteiger partial charge on any atom is -0.490 e. The maximum Gasteiger partial charge on any atom is 0.161 e. The molecule has 0 spiro atoms. The van der Waals surface area contributed by atoms with Crippen LogP contribution in [0.15, 0.2) is 48.5 Å². The Balaban J connectivity index is 1.56. The van der Waals surface area contributed by atoms with Crippen molar-refractivity contribution in [2.45, 2.75) is 26.5 Å². The molecular formula is C21H27NO4S. The molecule has 1 aliphatic rings. The van der Waals surface area contributed by atoms with E-state index >= 15 is 0 Å². The van der Waals surface area contributed by atoms with Gasteiger partial charge in [0, 0.05) is 6.54 Å². The third kappa shape index (κ3) is 5.97. The second kappa shape index (κ2) is 9.24. The first-order valence-electron chi connectivity index (χ1n) is 9.39. The van der Waals surface area contributed by atoms with Crippen LogP contribution in [0, 0.1) is 5.92 Å². The van der Waals surface area contributed by atoms with Gasteiger partial charge in [0.2, 0.25) is 0 Å². The maximum absolute atomic E-state index is 11.5. The summed E-state index contributed by atoms with van der Waals surface area (Å²) in [5.41, 5.74) is 2.20. The lowest BCUT2D eigenvalue weighted by molar-refractivity contribution is 0.269. The van der Waals surface area contributed by atoms with Crippen LogP contribution in [-0.2, 0) is 23.0 Å². The van der Waals surface area contributed by atoms with Gasteiger partial charge in [0.05, 0.1) is 18.1 Å². The Bertz CT molecular complexity index is 837. The van der Waals surface area contributed by atoms with Crippen LogP contribution in [0.2, 0.25) is 0 Å². The molecule has 6 heteroatoms. The van der Waals surface area contributed by atoms with Gasteiger partial charge in [0.1, 0.15) is 6.61 Å². The highest BCUT2D eigenvalue weighted by Crippen LogP contribution is 2.29. The van der Waals surface area contributed by atoms with Crippen molar-refractivity contribution in [1.29, 1.82) is 0 Å². The predicted octanol–water partition coefficient (Wildman–Crippen LogP) is 3.19. The van der Waals surface area contributed by atoms with Crippen LogP contribution in [-0.4, -0.2) is 33.1 Å². The Morgan fingerprint density at radius 3 is 2.56 bits per heavy atom. The van der Waals surface area contributed by atoms with Crippen molar-refractivity contribution >= 4 is 9.84 Å². The second-order valence-electron chi connectivity index (χ2n) is 6.89. The van der Waals surface area contributed by atoms with E-state index in [-0.39, 0.29) is 5.92 Å². The summed E-state index contributed by atoms with van der Waals surface area (Å²) in [5, 5.41) is 3.37. The number of ether oxygens (including phenoxy) is 2. The van der Waals surface area contributed by atoms with Crippen LogP contribution in [0.5, 0.6) is 11.5 Å². The zero-order chi connectivity index (χ0) is 19.1. The van der Waals surface area contributed by atoms with Gasteiger partial charge in [-0.15, -0.1) is 0 Å². The first-order valence-corrected chi connectivity index (χ1v) is 11.2. The predicted molar refractivity (Wildman–Crippen MR) is 107 cm³/mol. The monoisotopic (exact) mass is 389 g/mol. The second-order valence-corrected chi connectivity index (χ2v) is 9.12. The number of sulfone groups is 1. The Kier molecular flexibility index (Phi) is 6.74. The highest BCUT2D eigenvalue weighted by Gasteiger charge is 2.27. The molecule has 1 fully saturated rings. The molecule has 0 radical (unpaired) electrons. The number of nitrogens with one attached hydrogen (secondary N) is 1. The maximum atomic E-state index is 11.5. The molecule has 1 N–H and O–H groups in total. The smallest absolute Gasteiger partial charge is 0.161 e. The molecule has 1 saturated heterocycles. The SMILES string of the molecule is CCOc1cc(CNCC2CCS(=O)(=O)C2)ccc1OCc1ccccc1. The number of benzene rings is 2. The topological polar surface area (TPSA) is 64.6 Å². The van der Waals surface area contributed by atoms with Gasteiger partial charge in [-0.3, -0.25) is 0 Å². The van der Waals surface area contributed by atoms with Gasteiger partial charge >= 0.3 is 0 Å². The van der Waals surface area contributed by atoms with Crippen molar-refractivity contribution in [3.63, 3.8) is 0 Å². The van der Waals surface area contributed by atoms with Crippen LogP contribution in [0.4, 0.5) is 0 Å². The minimum absolute atomic E-state index is 0.217. The van der Waals surface area contributed by atoms with Gasteiger partial charge in [-0.25, -0.2) is 8.42 Å². The van der Waals surface area contributed by atoms with Crippen LogP contribution in [0.25, 0.3) is 0 Å². The lowest BCUT2D eigenvalue weighted by Crippen LogP contribution is -2.23. The highest BCUT2D eigenvalue weighted by molar-refractivity contribution is 7.91. The zero-order valence-electron chi connectivity index (χ0n) is 15.7. The molecule has 0 aliphatic carbocycles. The molecule has 5 nitrogen and oxygen atoms in total. The molecule has 0 aromatic heterocycles. The van der Waals surface area contributed by atoms with E-state index in [1.165, 1.54) is 0 Å². The number of hydrogen-bond donors (Lipinski definition) is 1. The van der Waals surface area contributed by atoms with Crippen molar-refractivity contribution in [1.82, 2.24) is 5.32 Å². The molecule has 2 aromatic carbocycles. The fraction of sp³-hybridized carbons (Fsp3) is 0.429. The van der Waals surface area contributed by atoms with E-state index in [0.717, 1.165) is 35.6 Å². The average molecular weight is 390 g/mol. The van der Waals surface area contributed by atoms with E-state index < -0.39 is 9.84 Å². The molecule has 0 amide bonds. The number of hydrogen-bond acceptors (Lipinski definition) is 5. The summed E-state index contributed by atoms with van der Waals surface area (Å²) < 4.78 is 34.7. The highest BCUT2D eigenvalue weighted by atomic mass is 32.2. The van der Waals surface area contributed by atoms with E-state index in [1.54, 1.807) is 0 Å². The molecule has 3 rings (SSSR count). The molecule has 146 valence electrons. The third-order valence-electron chi connectivity index (χ3n) is 4.63. The van der Waals surface area contributed by atoms with E-state index in [2.05, 4.69) is 5.32 Å². The van der Waals surface area contributed by atoms with Gasteiger partial charge in [-0.1, -0.05) is 36.4 Å². The van der Waals surface area contributed by atoms with Gasteiger partial charge < -0.3 is 14.8 Å². The summed E-state index contributed by atoms with van der Waals surface area (Å²) in [6.07, 6.45) is 0.756. The summed E-state index contributed by atoms with van der Waals surface area (Å²) >= 11 is 0. The van der Waals surface area contributed by atoms with Gasteiger partial charge in [-0.2, -0.15) is 0 Å². The zero-order valence-corrected chi connectivity index (χ0v) is 16.5. The lowest BCUT2D eigenvalue weighted by atomic mass is 10.1. The average Bonchev–Trinajstić information content (AvgIpc) is 3.01. The Labute approximate surface area is 161 Å². The van der Waals surface area contributed by atoms with Crippen molar-refractivity contribution in [2.24, 2.45) is 5.92 Å². The first kappa shape index (κ1) is 19.7. The summed E-state index contributed by atoms with van der Waals surface area (Å²) in [5.74, 6) is 2.30. The lowest BCUT2D eigenvalue weighted by Gasteiger charge is -2.14. The molecule has 1 atom stereocenters. The van der Waals surface area contributed by atoms with E-state index in [4.69, 9.17) is 9.47 Å². The van der Waals surface area contributed by atoms with E-state index in [1.807, 2.05) is 55.5 Å². The molecule has 0 bridgehead atoms. The van der Waals surface area contributed by atoms with E-state index in [9.17, 15) is 8.42 Å². The summed E-state index contributed by atoms with van der Waals surface area (Å²) in [7, 11) is -2.82. The third-order valence-corrected chi connectivity index (χ3v) is 6.47. The largest absolute Gasteiger partial charge is 0.490 e. The quantitative estimate of drug-likeness (QED) is 0.714. The Morgan fingerprint density at radius 1 is 1.04 bits per heavy atom. The number of rotatable bonds is 9. The van der Waals surface area contributed by atoms with Crippen LogP contribution < -0.4 is 14.8 Å². The van der Waals surface area contributed by atoms with Crippen LogP contribution in [0.3, 0.4) is 0 Å². The molecule has 0 saturated carbocycles. The van der Waals surface area contributed by atoms with Crippen LogP contribution in [0.1, 0.15) is 24.5 Å².